The number of nitrogens with zero attached hydrogens (tertiary/aromatic N) is 1. The number of amides is 1. The minimum absolute atomic E-state index is 0.0630. The minimum Gasteiger partial charge on any atom is -0.447 e. The lowest BCUT2D eigenvalue weighted by Crippen LogP contribution is -2.41. The zero-order valence-corrected chi connectivity index (χ0v) is 14.1. The van der Waals surface area contributed by atoms with Crippen LogP contribution in [0.15, 0.2) is 0 Å². The lowest BCUT2D eigenvalue weighted by molar-refractivity contribution is 0.0436. The Balaban J connectivity index is 0.000000621. The first-order chi connectivity index (χ1) is 9.27. The summed E-state index contributed by atoms with van der Waals surface area (Å²) in [7, 11) is 0. The predicted molar refractivity (Wildman–Crippen MR) is 82.7 cm³/mol. The lowest BCUT2D eigenvalue weighted by Gasteiger charge is -2.32. The van der Waals surface area contributed by atoms with Crippen LogP contribution in [0.1, 0.15) is 60.8 Å². The Morgan fingerprint density at radius 3 is 1.95 bits per heavy atom. The van der Waals surface area contributed by atoms with Gasteiger partial charge in [0.25, 0.3) is 0 Å². The van der Waals surface area contributed by atoms with Gasteiger partial charge in [0.1, 0.15) is 0 Å². The van der Waals surface area contributed by atoms with Crippen molar-refractivity contribution in [2.75, 3.05) is 13.1 Å². The first-order valence-corrected chi connectivity index (χ1v) is 7.91. The summed E-state index contributed by atoms with van der Waals surface area (Å²) in [5.74, 6) is 1.21. The van der Waals surface area contributed by atoms with Crippen LogP contribution in [0.5, 0.6) is 0 Å². The van der Waals surface area contributed by atoms with E-state index in [9.17, 15) is 9.90 Å². The highest BCUT2D eigenvalue weighted by molar-refractivity contribution is 5.67. The van der Waals surface area contributed by atoms with Crippen LogP contribution >= 0.6 is 0 Å². The molecule has 1 N–H and O–H groups in total. The number of carbonyl (C=O) groups excluding carboxylic acids is 1. The molecule has 0 aromatic rings. The summed E-state index contributed by atoms with van der Waals surface area (Å²) in [4.78, 5) is 13.2. The van der Waals surface area contributed by atoms with Gasteiger partial charge >= 0.3 is 6.09 Å². The maximum absolute atomic E-state index is 11.5. The van der Waals surface area contributed by atoms with E-state index < -0.39 is 0 Å². The molecule has 0 aromatic carbocycles. The summed E-state index contributed by atoms with van der Waals surface area (Å²) in [6.07, 6.45) is 2.48. The second-order valence-corrected chi connectivity index (χ2v) is 6.30. The van der Waals surface area contributed by atoms with Gasteiger partial charge in [0, 0.05) is 13.1 Å². The molecule has 0 saturated carbocycles. The van der Waals surface area contributed by atoms with Gasteiger partial charge in [-0.05, 0) is 45.4 Å². The monoisotopic (exact) mass is 287 g/mol. The van der Waals surface area contributed by atoms with Gasteiger partial charge in [-0.25, -0.2) is 4.79 Å². The minimum atomic E-state index is -0.270. The maximum Gasteiger partial charge on any atom is 0.410 e. The van der Waals surface area contributed by atoms with Crippen molar-refractivity contribution in [2.24, 2.45) is 11.8 Å². The zero-order valence-electron chi connectivity index (χ0n) is 14.1. The molecule has 1 atom stereocenters. The molecule has 1 saturated heterocycles. The topological polar surface area (TPSA) is 49.8 Å². The van der Waals surface area contributed by atoms with E-state index in [2.05, 4.69) is 20.8 Å². The molecule has 0 radical (unpaired) electrons. The number of rotatable bonds is 3. The highest BCUT2D eigenvalue weighted by Crippen LogP contribution is 2.21. The quantitative estimate of drug-likeness (QED) is 0.861. The van der Waals surface area contributed by atoms with Crippen molar-refractivity contribution >= 4 is 6.09 Å². The fraction of sp³-hybridized carbons (Fsp3) is 0.938. The summed E-state index contributed by atoms with van der Waals surface area (Å²) in [6.45, 7) is 13.5. The van der Waals surface area contributed by atoms with E-state index in [1.165, 1.54) is 6.42 Å². The van der Waals surface area contributed by atoms with Gasteiger partial charge in [0.15, 0.2) is 0 Å². The van der Waals surface area contributed by atoms with E-state index in [1.54, 1.807) is 4.90 Å². The molecule has 1 aliphatic rings. The normalized spacial score (nSPS) is 17.8. The van der Waals surface area contributed by atoms with Crippen molar-refractivity contribution in [3.63, 3.8) is 0 Å². The summed E-state index contributed by atoms with van der Waals surface area (Å²) in [5.41, 5.74) is 0. The van der Waals surface area contributed by atoms with Gasteiger partial charge in [0.05, 0.1) is 12.2 Å². The number of aliphatic hydroxyl groups is 1. The standard InChI is InChI=1S/C11H21NO3.C5H12/c1-8(2)15-11(14)12-6-4-10(5-7-12)9(3)13;1-4-5(2)3/h8-10,13H,4-7H2,1-3H3;5H,4H2,1-3H3. The molecule has 1 unspecified atom stereocenters. The molecular weight excluding hydrogens is 254 g/mol. The number of hydrogen-bond donors (Lipinski definition) is 1. The van der Waals surface area contributed by atoms with Gasteiger partial charge in [-0.15, -0.1) is 0 Å². The molecule has 120 valence electrons. The van der Waals surface area contributed by atoms with Crippen LogP contribution < -0.4 is 0 Å². The molecule has 0 aromatic heterocycles. The van der Waals surface area contributed by atoms with Crippen LogP contribution in [0.4, 0.5) is 4.79 Å². The van der Waals surface area contributed by atoms with Crippen LogP contribution in [-0.2, 0) is 4.74 Å². The van der Waals surface area contributed by atoms with Crippen LogP contribution in [0, 0.1) is 11.8 Å². The van der Waals surface area contributed by atoms with Gasteiger partial charge in [-0.3, -0.25) is 0 Å². The molecule has 1 amide bonds. The molecular formula is C16H33NO3. The SMILES string of the molecule is CC(C)OC(=O)N1CCC(C(C)O)CC1.CCC(C)C. The van der Waals surface area contributed by atoms with E-state index in [1.807, 2.05) is 20.8 Å². The smallest absolute Gasteiger partial charge is 0.410 e. The number of ether oxygens (including phenoxy) is 1. The van der Waals surface area contributed by atoms with Gasteiger partial charge in [-0.1, -0.05) is 27.2 Å². The van der Waals surface area contributed by atoms with Crippen LogP contribution in [0.25, 0.3) is 0 Å². The Kier molecular flexibility index (Phi) is 9.64. The number of carbonyl (C=O) groups is 1. The second-order valence-electron chi connectivity index (χ2n) is 6.30. The van der Waals surface area contributed by atoms with Crippen molar-refractivity contribution < 1.29 is 14.6 Å². The third-order valence-electron chi connectivity index (χ3n) is 3.63. The fourth-order valence-electron chi connectivity index (χ4n) is 1.84. The Morgan fingerprint density at radius 1 is 1.20 bits per heavy atom. The molecule has 0 bridgehead atoms. The zero-order chi connectivity index (χ0) is 15.7. The summed E-state index contributed by atoms with van der Waals surface area (Å²) < 4.78 is 5.11. The largest absolute Gasteiger partial charge is 0.447 e. The number of aliphatic hydroxyl groups excluding tert-OH is 1. The Bertz CT molecular complexity index is 256. The molecule has 0 spiro atoms. The number of hydrogen-bond acceptors (Lipinski definition) is 3. The molecule has 1 rings (SSSR count). The van der Waals surface area contributed by atoms with Gasteiger partial charge in [-0.2, -0.15) is 0 Å². The lowest BCUT2D eigenvalue weighted by atomic mass is 9.92. The molecule has 4 nitrogen and oxygen atoms in total. The van der Waals surface area contributed by atoms with Crippen molar-refractivity contribution in [2.45, 2.75) is 73.0 Å². The second kappa shape index (κ2) is 10.0. The first-order valence-electron chi connectivity index (χ1n) is 7.91. The molecule has 0 aliphatic carbocycles. The van der Waals surface area contributed by atoms with Crippen molar-refractivity contribution in [3.8, 4) is 0 Å². The molecule has 1 heterocycles. The Labute approximate surface area is 124 Å². The van der Waals surface area contributed by atoms with Crippen LogP contribution in [0.2, 0.25) is 0 Å². The molecule has 20 heavy (non-hydrogen) atoms. The highest BCUT2D eigenvalue weighted by atomic mass is 16.6. The van der Waals surface area contributed by atoms with E-state index in [-0.39, 0.29) is 18.3 Å². The third kappa shape index (κ3) is 8.41. The molecule has 4 heteroatoms. The number of likely N-dealkylation sites (tertiary alicyclic amines) is 1. The third-order valence-corrected chi connectivity index (χ3v) is 3.63. The fourth-order valence-corrected chi connectivity index (χ4v) is 1.84. The van der Waals surface area contributed by atoms with Crippen molar-refractivity contribution in [3.05, 3.63) is 0 Å². The highest BCUT2D eigenvalue weighted by Gasteiger charge is 2.26. The Morgan fingerprint density at radius 2 is 1.65 bits per heavy atom. The van der Waals surface area contributed by atoms with Crippen LogP contribution in [-0.4, -0.2) is 41.4 Å². The predicted octanol–water partition coefficient (Wildman–Crippen LogP) is 3.68. The van der Waals surface area contributed by atoms with E-state index >= 15 is 0 Å². The van der Waals surface area contributed by atoms with Crippen molar-refractivity contribution in [1.82, 2.24) is 4.90 Å². The average Bonchev–Trinajstić information content (AvgIpc) is 2.38. The molecule has 1 fully saturated rings. The van der Waals surface area contributed by atoms with Crippen molar-refractivity contribution in [1.29, 1.82) is 0 Å². The average molecular weight is 287 g/mol. The van der Waals surface area contributed by atoms with Gasteiger partial charge in [0.2, 0.25) is 0 Å². The summed E-state index contributed by atoms with van der Waals surface area (Å²) in [6, 6.07) is 0. The molecule has 1 aliphatic heterocycles. The first kappa shape index (κ1) is 19.2. The van der Waals surface area contributed by atoms with Gasteiger partial charge < -0.3 is 14.7 Å². The van der Waals surface area contributed by atoms with E-state index in [0.717, 1.165) is 18.8 Å². The number of piperidine rings is 1. The van der Waals surface area contributed by atoms with Crippen LogP contribution in [0.3, 0.4) is 0 Å². The van der Waals surface area contributed by atoms with E-state index in [0.29, 0.717) is 19.0 Å². The Hall–Kier alpha value is -0.770. The maximum atomic E-state index is 11.5. The summed E-state index contributed by atoms with van der Waals surface area (Å²) in [5, 5.41) is 9.41. The summed E-state index contributed by atoms with van der Waals surface area (Å²) >= 11 is 0. The van der Waals surface area contributed by atoms with E-state index in [4.69, 9.17) is 4.74 Å².